The fourth-order valence-corrected chi connectivity index (χ4v) is 1.42. The molecule has 3 heteroatoms. The number of nitrogens with one attached hydrogen (secondary N) is 1. The Kier molecular flexibility index (Phi) is 3.76. The number of hydrogen-bond acceptors (Lipinski definition) is 2. The molecule has 0 spiro atoms. The Hall–Kier alpha value is -0.340. The highest BCUT2D eigenvalue weighted by atomic mass is 35.5. The van der Waals surface area contributed by atoms with Crippen molar-refractivity contribution in [3.63, 3.8) is 0 Å². The van der Waals surface area contributed by atoms with Crippen molar-refractivity contribution >= 4 is 29.2 Å². The van der Waals surface area contributed by atoms with E-state index in [9.17, 15) is 0 Å². The Balaban J connectivity index is 2.69. The van der Waals surface area contributed by atoms with Gasteiger partial charge in [-0.3, -0.25) is 0 Å². The summed E-state index contributed by atoms with van der Waals surface area (Å²) < 4.78 is 3.22. The number of halogens is 1. The van der Waals surface area contributed by atoms with Gasteiger partial charge in [0.25, 0.3) is 0 Å². The van der Waals surface area contributed by atoms with Gasteiger partial charge in [-0.25, -0.2) is 0 Å². The predicted octanol–water partition coefficient (Wildman–Crippen LogP) is 3.73. The summed E-state index contributed by atoms with van der Waals surface area (Å²) in [6, 6.07) is 5.94. The van der Waals surface area contributed by atoms with Gasteiger partial charge in [-0.2, -0.15) is 0 Å². The quantitative estimate of drug-likeness (QED) is 0.748. The molecule has 0 aliphatic rings. The minimum absolute atomic E-state index is 0.821. The van der Waals surface area contributed by atoms with E-state index in [1.807, 2.05) is 25.1 Å². The normalized spacial score (nSPS) is 9.92. The number of rotatable bonds is 3. The van der Waals surface area contributed by atoms with Crippen LogP contribution in [0.25, 0.3) is 0 Å². The average Bonchev–Trinajstić information content (AvgIpc) is 2.07. The van der Waals surface area contributed by atoms with E-state index in [4.69, 9.17) is 11.6 Å². The van der Waals surface area contributed by atoms with Gasteiger partial charge in [0.15, 0.2) is 0 Å². The molecule has 0 radical (unpaired) electrons. The van der Waals surface area contributed by atoms with Crippen LogP contribution in [0.2, 0.25) is 5.02 Å². The molecule has 1 aromatic carbocycles. The molecule has 0 amide bonds. The standard InChI is InChI=1S/C9H12ClNS/c1-3-12-11-8-4-5-9(10)7(2)6-8/h4-6,11H,3H2,1-2H3. The van der Waals surface area contributed by atoms with Crippen molar-refractivity contribution in [2.75, 3.05) is 10.5 Å². The molecule has 0 aliphatic carbocycles. The van der Waals surface area contributed by atoms with Crippen LogP contribution in [0.5, 0.6) is 0 Å². The molecular weight excluding hydrogens is 190 g/mol. The minimum Gasteiger partial charge on any atom is -0.330 e. The lowest BCUT2D eigenvalue weighted by atomic mass is 10.2. The lowest BCUT2D eigenvalue weighted by Crippen LogP contribution is -1.87. The number of anilines is 1. The zero-order valence-corrected chi connectivity index (χ0v) is 8.80. The van der Waals surface area contributed by atoms with Crippen LogP contribution in [-0.2, 0) is 0 Å². The Labute approximate surface area is 82.6 Å². The van der Waals surface area contributed by atoms with Crippen molar-refractivity contribution in [2.45, 2.75) is 13.8 Å². The summed E-state index contributed by atoms with van der Waals surface area (Å²) in [6.07, 6.45) is 0. The van der Waals surface area contributed by atoms with Crippen LogP contribution in [0.15, 0.2) is 18.2 Å². The van der Waals surface area contributed by atoms with E-state index in [1.54, 1.807) is 11.9 Å². The topological polar surface area (TPSA) is 12.0 Å². The molecule has 66 valence electrons. The third-order valence-electron chi connectivity index (χ3n) is 1.49. The maximum Gasteiger partial charge on any atom is 0.0443 e. The third-order valence-corrected chi connectivity index (χ3v) is 2.59. The Morgan fingerprint density at radius 2 is 2.25 bits per heavy atom. The summed E-state index contributed by atoms with van der Waals surface area (Å²) >= 11 is 7.56. The first kappa shape index (κ1) is 9.75. The SMILES string of the molecule is CCSNc1ccc(Cl)c(C)c1. The first-order chi connectivity index (χ1) is 5.74. The molecule has 0 bridgehead atoms. The lowest BCUT2D eigenvalue weighted by Gasteiger charge is -2.05. The van der Waals surface area contributed by atoms with Crippen molar-refractivity contribution in [1.82, 2.24) is 0 Å². The number of aryl methyl sites for hydroxylation is 1. The van der Waals surface area contributed by atoms with Crippen LogP contribution >= 0.6 is 23.5 Å². The largest absolute Gasteiger partial charge is 0.330 e. The highest BCUT2D eigenvalue weighted by Gasteiger charge is 1.95. The molecule has 1 aromatic rings. The molecule has 0 saturated carbocycles. The second-order valence-corrected chi connectivity index (χ2v) is 3.98. The summed E-state index contributed by atoms with van der Waals surface area (Å²) in [5.74, 6) is 1.06. The summed E-state index contributed by atoms with van der Waals surface area (Å²) in [5.41, 5.74) is 2.22. The second kappa shape index (κ2) is 4.63. The molecule has 0 fully saturated rings. The second-order valence-electron chi connectivity index (χ2n) is 2.50. The Bertz CT molecular complexity index is 263. The monoisotopic (exact) mass is 201 g/mol. The number of benzene rings is 1. The lowest BCUT2D eigenvalue weighted by molar-refractivity contribution is 1.47. The van der Waals surface area contributed by atoms with Crippen molar-refractivity contribution in [3.8, 4) is 0 Å². The van der Waals surface area contributed by atoms with Gasteiger partial charge in [-0.05, 0) is 30.7 Å². The van der Waals surface area contributed by atoms with Crippen LogP contribution in [0.1, 0.15) is 12.5 Å². The fourth-order valence-electron chi connectivity index (χ4n) is 0.864. The molecule has 0 aliphatic heterocycles. The Morgan fingerprint density at radius 1 is 1.50 bits per heavy atom. The van der Waals surface area contributed by atoms with Crippen LogP contribution < -0.4 is 4.72 Å². The maximum atomic E-state index is 5.88. The van der Waals surface area contributed by atoms with Crippen molar-refractivity contribution < 1.29 is 0 Å². The molecule has 12 heavy (non-hydrogen) atoms. The summed E-state index contributed by atoms with van der Waals surface area (Å²) in [6.45, 7) is 4.12. The molecule has 0 unspecified atom stereocenters. The van der Waals surface area contributed by atoms with Crippen molar-refractivity contribution in [1.29, 1.82) is 0 Å². The van der Waals surface area contributed by atoms with E-state index in [2.05, 4.69) is 11.6 Å². The molecule has 1 nitrogen and oxygen atoms in total. The summed E-state index contributed by atoms with van der Waals surface area (Å²) in [5, 5.41) is 0.821. The minimum atomic E-state index is 0.821. The van der Waals surface area contributed by atoms with E-state index in [0.29, 0.717) is 0 Å². The predicted molar refractivity (Wildman–Crippen MR) is 57.9 cm³/mol. The first-order valence-electron chi connectivity index (χ1n) is 3.88. The van der Waals surface area contributed by atoms with E-state index in [1.165, 1.54) is 0 Å². The highest BCUT2D eigenvalue weighted by molar-refractivity contribution is 8.00. The van der Waals surface area contributed by atoms with Gasteiger partial charge in [0.05, 0.1) is 0 Å². The molecule has 0 aromatic heterocycles. The Morgan fingerprint density at radius 3 is 2.83 bits per heavy atom. The molecule has 0 atom stereocenters. The van der Waals surface area contributed by atoms with Gasteiger partial charge in [0.1, 0.15) is 0 Å². The van der Waals surface area contributed by atoms with Gasteiger partial charge < -0.3 is 4.72 Å². The van der Waals surface area contributed by atoms with Gasteiger partial charge in [-0.15, -0.1) is 0 Å². The van der Waals surface area contributed by atoms with E-state index in [0.717, 1.165) is 22.0 Å². The maximum absolute atomic E-state index is 5.88. The zero-order chi connectivity index (χ0) is 8.97. The van der Waals surface area contributed by atoms with Gasteiger partial charge in [0, 0.05) is 16.5 Å². The third kappa shape index (κ3) is 2.61. The summed E-state index contributed by atoms with van der Waals surface area (Å²) in [4.78, 5) is 0. The molecule has 1 rings (SSSR count). The van der Waals surface area contributed by atoms with E-state index >= 15 is 0 Å². The van der Waals surface area contributed by atoms with Crippen molar-refractivity contribution in [3.05, 3.63) is 28.8 Å². The van der Waals surface area contributed by atoms with Crippen molar-refractivity contribution in [2.24, 2.45) is 0 Å². The van der Waals surface area contributed by atoms with Gasteiger partial charge >= 0.3 is 0 Å². The van der Waals surface area contributed by atoms with Crippen LogP contribution in [0.3, 0.4) is 0 Å². The van der Waals surface area contributed by atoms with Gasteiger partial charge in [-0.1, -0.05) is 30.5 Å². The molecule has 0 saturated heterocycles. The van der Waals surface area contributed by atoms with E-state index < -0.39 is 0 Å². The van der Waals surface area contributed by atoms with Crippen LogP contribution in [0.4, 0.5) is 5.69 Å². The zero-order valence-electron chi connectivity index (χ0n) is 7.23. The van der Waals surface area contributed by atoms with E-state index in [-0.39, 0.29) is 0 Å². The average molecular weight is 202 g/mol. The smallest absolute Gasteiger partial charge is 0.0443 e. The first-order valence-corrected chi connectivity index (χ1v) is 5.24. The summed E-state index contributed by atoms with van der Waals surface area (Å²) in [7, 11) is 0. The van der Waals surface area contributed by atoms with Gasteiger partial charge in [0.2, 0.25) is 0 Å². The van der Waals surface area contributed by atoms with Crippen LogP contribution in [0, 0.1) is 6.92 Å². The highest BCUT2D eigenvalue weighted by Crippen LogP contribution is 2.21. The van der Waals surface area contributed by atoms with Crippen LogP contribution in [-0.4, -0.2) is 5.75 Å². The number of hydrogen-bond donors (Lipinski definition) is 1. The molecule has 1 N–H and O–H groups in total. The molecular formula is C9H12ClNS. The fraction of sp³-hybridized carbons (Fsp3) is 0.333. The molecule has 0 heterocycles.